The van der Waals surface area contributed by atoms with E-state index in [0.717, 1.165) is 5.56 Å². The van der Waals surface area contributed by atoms with Gasteiger partial charge in [-0.25, -0.2) is 0 Å². The van der Waals surface area contributed by atoms with E-state index in [1.165, 1.54) is 11.8 Å². The second-order valence-electron chi connectivity index (χ2n) is 8.01. The molecule has 4 rings (SSSR count). The van der Waals surface area contributed by atoms with Crippen molar-refractivity contribution in [3.8, 4) is 11.8 Å². The number of hydrogen-bond donors (Lipinski definition) is 2. The summed E-state index contributed by atoms with van der Waals surface area (Å²) in [5, 5.41) is 18.3. The molecule has 36 heavy (non-hydrogen) atoms. The first-order valence-electron chi connectivity index (χ1n) is 11.1. The Morgan fingerprint density at radius 2 is 1.72 bits per heavy atom. The van der Waals surface area contributed by atoms with Crippen LogP contribution in [0.2, 0.25) is 10.0 Å². The Hall–Kier alpha value is -3.37. The number of nitrogens with one attached hydrogen (secondary N) is 2. The van der Waals surface area contributed by atoms with Crippen molar-refractivity contribution in [2.24, 2.45) is 0 Å². The first-order valence-corrected chi connectivity index (χ1v) is 12.9. The predicted molar refractivity (Wildman–Crippen MR) is 147 cm³/mol. The van der Waals surface area contributed by atoms with Gasteiger partial charge >= 0.3 is 0 Å². The fraction of sp³-hybridized carbons (Fsp3) is 0.143. The summed E-state index contributed by atoms with van der Waals surface area (Å²) in [7, 11) is 1.54. The van der Waals surface area contributed by atoms with E-state index in [0.29, 0.717) is 54.7 Å². The molecule has 8 heteroatoms. The number of methoxy groups -OCH3 is 1. The van der Waals surface area contributed by atoms with Crippen molar-refractivity contribution >= 4 is 46.6 Å². The van der Waals surface area contributed by atoms with E-state index in [1.807, 2.05) is 61.5 Å². The average Bonchev–Trinajstić information content (AvgIpc) is 2.88. The molecule has 0 unspecified atom stereocenters. The van der Waals surface area contributed by atoms with Crippen molar-refractivity contribution in [2.75, 3.05) is 12.4 Å². The number of nitrogens with zero attached hydrogens (tertiary/aromatic N) is 1. The Labute approximate surface area is 224 Å². The van der Waals surface area contributed by atoms with Crippen molar-refractivity contribution in [1.29, 1.82) is 5.26 Å². The molecule has 0 fully saturated rings. The first kappa shape index (κ1) is 25.7. The number of anilines is 1. The van der Waals surface area contributed by atoms with Crippen LogP contribution in [-0.2, 0) is 10.5 Å². The molecule has 1 amide bonds. The first-order chi connectivity index (χ1) is 17.4. The highest BCUT2D eigenvalue weighted by Gasteiger charge is 2.36. The number of amides is 1. The summed E-state index contributed by atoms with van der Waals surface area (Å²) in [5.41, 5.74) is 3.62. The summed E-state index contributed by atoms with van der Waals surface area (Å²) in [6.45, 7) is 1.82. The Morgan fingerprint density at radius 3 is 2.42 bits per heavy atom. The maximum Gasteiger partial charge on any atom is 0.254 e. The summed E-state index contributed by atoms with van der Waals surface area (Å²) >= 11 is 14.4. The summed E-state index contributed by atoms with van der Waals surface area (Å²) < 4.78 is 5.39. The minimum Gasteiger partial charge on any atom is -0.495 e. The number of benzene rings is 3. The average molecular weight is 536 g/mol. The predicted octanol–water partition coefficient (Wildman–Crippen LogP) is 7.27. The van der Waals surface area contributed by atoms with Crippen molar-refractivity contribution in [2.45, 2.75) is 18.6 Å². The molecule has 0 aliphatic carbocycles. The molecule has 0 spiro atoms. The van der Waals surface area contributed by atoms with E-state index in [4.69, 9.17) is 27.9 Å². The highest BCUT2D eigenvalue weighted by molar-refractivity contribution is 8.02. The minimum absolute atomic E-state index is 0.350. The van der Waals surface area contributed by atoms with Crippen LogP contribution < -0.4 is 15.4 Å². The van der Waals surface area contributed by atoms with Gasteiger partial charge < -0.3 is 15.4 Å². The minimum atomic E-state index is -0.659. The van der Waals surface area contributed by atoms with E-state index >= 15 is 0 Å². The second-order valence-corrected chi connectivity index (χ2v) is 9.81. The van der Waals surface area contributed by atoms with Gasteiger partial charge in [-0.15, -0.1) is 11.8 Å². The third-order valence-corrected chi connectivity index (χ3v) is 7.57. The van der Waals surface area contributed by atoms with Crippen molar-refractivity contribution in [3.05, 3.63) is 116 Å². The third-order valence-electron chi connectivity index (χ3n) is 5.79. The number of dihydropyridines is 1. The number of ether oxygens (including phenoxy) is 1. The Bertz CT molecular complexity index is 1410. The molecule has 0 saturated carbocycles. The van der Waals surface area contributed by atoms with Crippen molar-refractivity contribution in [3.63, 3.8) is 0 Å². The highest BCUT2D eigenvalue weighted by Crippen LogP contribution is 2.44. The maximum absolute atomic E-state index is 13.7. The van der Waals surface area contributed by atoms with E-state index in [9.17, 15) is 10.1 Å². The number of nitriles is 1. The smallest absolute Gasteiger partial charge is 0.254 e. The molecule has 3 aromatic carbocycles. The van der Waals surface area contributed by atoms with Gasteiger partial charge in [-0.3, -0.25) is 4.79 Å². The number of hydrogen-bond acceptors (Lipinski definition) is 5. The van der Waals surface area contributed by atoms with Crippen LogP contribution in [0.25, 0.3) is 0 Å². The number of halogens is 2. The molecule has 1 heterocycles. The van der Waals surface area contributed by atoms with E-state index in [-0.39, 0.29) is 5.91 Å². The normalized spacial score (nSPS) is 15.2. The molecule has 0 saturated heterocycles. The molecule has 1 aliphatic heterocycles. The molecule has 0 aromatic heterocycles. The monoisotopic (exact) mass is 535 g/mol. The van der Waals surface area contributed by atoms with E-state index in [2.05, 4.69) is 16.7 Å². The molecule has 0 radical (unpaired) electrons. The van der Waals surface area contributed by atoms with Crippen molar-refractivity contribution in [1.82, 2.24) is 5.32 Å². The van der Waals surface area contributed by atoms with Crippen LogP contribution in [0.5, 0.6) is 5.75 Å². The number of rotatable bonds is 7. The summed E-state index contributed by atoms with van der Waals surface area (Å²) in [4.78, 5) is 13.7. The Kier molecular flexibility index (Phi) is 8.27. The molecule has 5 nitrogen and oxygen atoms in total. The van der Waals surface area contributed by atoms with Gasteiger partial charge in [0, 0.05) is 27.1 Å². The van der Waals surface area contributed by atoms with Gasteiger partial charge in [0.2, 0.25) is 0 Å². The van der Waals surface area contributed by atoms with Crippen LogP contribution >= 0.6 is 35.0 Å². The molecule has 1 atom stereocenters. The lowest BCUT2D eigenvalue weighted by Crippen LogP contribution is -2.31. The SMILES string of the molecule is COc1ccccc1NC(=O)C1=C(C)NC(SCc2ccccc2Cl)=C(C#N)[C@@H]1c1ccccc1Cl. The number of allylic oxidation sites excluding steroid dienone is 2. The van der Waals surface area contributed by atoms with Crippen LogP contribution in [0.15, 0.2) is 94.7 Å². The standard InChI is InChI=1S/C28H23Cl2N3O2S/c1-17-25(27(34)33-23-13-7-8-14-24(23)35-2)26(19-10-4-6-12-22(19)30)20(15-31)28(32-17)36-16-18-9-3-5-11-21(18)29/h3-14,26,32H,16H2,1-2H3,(H,33,34)/t26-/m0/s1. The topological polar surface area (TPSA) is 74.2 Å². The number of carbonyl (C=O) groups is 1. The van der Waals surface area contributed by atoms with Gasteiger partial charge in [0.15, 0.2) is 0 Å². The quantitative estimate of drug-likeness (QED) is 0.332. The molecule has 1 aliphatic rings. The summed E-state index contributed by atoms with van der Waals surface area (Å²) in [6, 6.07) is 24.4. The second kappa shape index (κ2) is 11.6. The Balaban J connectivity index is 1.75. The summed E-state index contributed by atoms with van der Waals surface area (Å²) in [6.07, 6.45) is 0. The van der Waals surface area contributed by atoms with Gasteiger partial charge in [0.25, 0.3) is 5.91 Å². The van der Waals surface area contributed by atoms with Gasteiger partial charge in [-0.05, 0) is 42.3 Å². The van der Waals surface area contributed by atoms with Gasteiger partial charge in [-0.1, -0.05) is 71.7 Å². The molecule has 2 N–H and O–H groups in total. The van der Waals surface area contributed by atoms with Gasteiger partial charge in [-0.2, -0.15) is 5.26 Å². The maximum atomic E-state index is 13.7. The highest BCUT2D eigenvalue weighted by atomic mass is 35.5. The molecule has 3 aromatic rings. The fourth-order valence-corrected chi connectivity index (χ4v) is 5.67. The molecule has 0 bridgehead atoms. The zero-order valence-electron chi connectivity index (χ0n) is 19.6. The van der Waals surface area contributed by atoms with Gasteiger partial charge in [0.1, 0.15) is 5.75 Å². The van der Waals surface area contributed by atoms with Crippen LogP contribution in [0.4, 0.5) is 5.69 Å². The molecular weight excluding hydrogens is 513 g/mol. The number of thioether (sulfide) groups is 1. The number of carbonyl (C=O) groups excluding carboxylic acids is 1. The van der Waals surface area contributed by atoms with Gasteiger partial charge in [0.05, 0.1) is 35.4 Å². The number of para-hydroxylation sites is 2. The van der Waals surface area contributed by atoms with Crippen LogP contribution in [0.1, 0.15) is 24.0 Å². The lowest BCUT2D eigenvalue weighted by molar-refractivity contribution is -0.113. The molecule has 182 valence electrons. The zero-order chi connectivity index (χ0) is 25.7. The van der Waals surface area contributed by atoms with Crippen molar-refractivity contribution < 1.29 is 9.53 Å². The van der Waals surface area contributed by atoms with Crippen LogP contribution in [-0.4, -0.2) is 13.0 Å². The third kappa shape index (κ3) is 5.39. The lowest BCUT2D eigenvalue weighted by Gasteiger charge is -2.30. The summed E-state index contributed by atoms with van der Waals surface area (Å²) in [5.74, 6) is 0.0817. The fourth-order valence-electron chi connectivity index (χ4n) is 4.05. The zero-order valence-corrected chi connectivity index (χ0v) is 22.0. The van der Waals surface area contributed by atoms with E-state index in [1.54, 1.807) is 25.3 Å². The Morgan fingerprint density at radius 1 is 1.06 bits per heavy atom. The van der Waals surface area contributed by atoms with Crippen LogP contribution in [0.3, 0.4) is 0 Å². The largest absolute Gasteiger partial charge is 0.495 e. The van der Waals surface area contributed by atoms with Crippen LogP contribution in [0, 0.1) is 11.3 Å². The lowest BCUT2D eigenvalue weighted by atomic mass is 9.82. The van der Waals surface area contributed by atoms with E-state index < -0.39 is 5.92 Å². The molecular formula is C28H23Cl2N3O2S.